The quantitative estimate of drug-likeness (QED) is 0.511. The zero-order chi connectivity index (χ0) is 23.9. The maximum atomic E-state index is 13.0. The van der Waals surface area contributed by atoms with E-state index in [1.807, 2.05) is 18.2 Å². The molecule has 2 aromatic carbocycles. The number of hydrogen-bond acceptors (Lipinski definition) is 7. The zero-order valence-electron chi connectivity index (χ0n) is 19.8. The molecule has 8 heteroatoms. The highest BCUT2D eigenvalue weighted by molar-refractivity contribution is 7.99. The molecule has 34 heavy (non-hydrogen) atoms. The predicted molar refractivity (Wildman–Crippen MR) is 134 cm³/mol. The molecule has 178 valence electrons. The van der Waals surface area contributed by atoms with E-state index in [-0.39, 0.29) is 11.8 Å². The summed E-state index contributed by atoms with van der Waals surface area (Å²) in [5.74, 6) is 2.18. The van der Waals surface area contributed by atoms with Gasteiger partial charge in [0.05, 0.1) is 20.1 Å². The predicted octanol–water partition coefficient (Wildman–Crippen LogP) is 4.49. The second-order valence-electron chi connectivity index (χ2n) is 8.28. The Kier molecular flexibility index (Phi) is 7.90. The monoisotopic (exact) mass is 478 g/mol. The topological polar surface area (TPSA) is 76.6 Å². The van der Waals surface area contributed by atoms with Gasteiger partial charge in [-0.1, -0.05) is 29.5 Å². The van der Waals surface area contributed by atoms with Gasteiger partial charge in [0.15, 0.2) is 5.82 Å². The van der Waals surface area contributed by atoms with Gasteiger partial charge < -0.3 is 19.7 Å². The van der Waals surface area contributed by atoms with Crippen molar-refractivity contribution in [3.8, 4) is 11.5 Å². The van der Waals surface area contributed by atoms with Crippen molar-refractivity contribution in [2.45, 2.75) is 36.2 Å². The molecule has 1 amide bonds. The third-order valence-electron chi connectivity index (χ3n) is 5.92. The highest BCUT2D eigenvalue weighted by Gasteiger charge is 2.28. The number of piperidine rings is 1. The molecule has 0 unspecified atom stereocenters. The van der Waals surface area contributed by atoms with Crippen LogP contribution in [-0.4, -0.2) is 43.2 Å². The number of anilines is 1. The summed E-state index contributed by atoms with van der Waals surface area (Å²) in [5.41, 5.74) is 2.14. The van der Waals surface area contributed by atoms with Crippen LogP contribution in [-0.2, 0) is 11.3 Å². The Labute approximate surface area is 204 Å². The number of aryl methyl sites for hydroxylation is 1. The van der Waals surface area contributed by atoms with Crippen LogP contribution < -0.4 is 19.7 Å². The molecule has 4 rings (SSSR count). The van der Waals surface area contributed by atoms with Crippen LogP contribution in [0.4, 0.5) is 5.82 Å². The van der Waals surface area contributed by atoms with E-state index < -0.39 is 0 Å². The fraction of sp³-hybridized carbons (Fsp3) is 0.346. The van der Waals surface area contributed by atoms with Gasteiger partial charge in [-0.3, -0.25) is 4.79 Å². The third kappa shape index (κ3) is 5.80. The Morgan fingerprint density at radius 1 is 1.12 bits per heavy atom. The van der Waals surface area contributed by atoms with Crippen LogP contribution in [0, 0.1) is 12.8 Å². The second-order valence-corrected chi connectivity index (χ2v) is 9.34. The Bertz CT molecular complexity index is 1120. The average molecular weight is 479 g/mol. The summed E-state index contributed by atoms with van der Waals surface area (Å²) in [5, 5.41) is 3.94. The Morgan fingerprint density at radius 2 is 1.91 bits per heavy atom. The van der Waals surface area contributed by atoms with Crippen LogP contribution in [0.25, 0.3) is 0 Å². The number of rotatable bonds is 8. The van der Waals surface area contributed by atoms with Crippen LogP contribution in [0.2, 0.25) is 0 Å². The molecule has 0 saturated carbocycles. The molecule has 1 atom stereocenters. The number of hydrogen-bond donors (Lipinski definition) is 1. The van der Waals surface area contributed by atoms with E-state index in [1.54, 1.807) is 38.4 Å². The molecule has 0 spiro atoms. The highest BCUT2D eigenvalue weighted by atomic mass is 32.2. The molecule has 7 nitrogen and oxygen atoms in total. The number of carbonyl (C=O) groups excluding carboxylic acids is 1. The van der Waals surface area contributed by atoms with Crippen LogP contribution >= 0.6 is 11.8 Å². The fourth-order valence-corrected chi connectivity index (χ4v) is 4.91. The number of methoxy groups -OCH3 is 2. The summed E-state index contributed by atoms with van der Waals surface area (Å²) >= 11 is 1.60. The number of carbonyl (C=O) groups is 1. The summed E-state index contributed by atoms with van der Waals surface area (Å²) in [7, 11) is 3.24. The lowest BCUT2D eigenvalue weighted by Crippen LogP contribution is -2.43. The van der Waals surface area contributed by atoms with Crippen LogP contribution in [0.15, 0.2) is 64.8 Å². The molecule has 1 aliphatic heterocycles. The Morgan fingerprint density at radius 3 is 2.68 bits per heavy atom. The van der Waals surface area contributed by atoms with Crippen molar-refractivity contribution in [3.63, 3.8) is 0 Å². The first kappa shape index (κ1) is 23.9. The van der Waals surface area contributed by atoms with E-state index in [0.29, 0.717) is 18.8 Å². The number of nitrogens with zero attached hydrogens (tertiary/aromatic N) is 3. The molecular formula is C26H30N4O3S. The smallest absolute Gasteiger partial charge is 0.225 e. The zero-order valence-corrected chi connectivity index (χ0v) is 20.6. The van der Waals surface area contributed by atoms with Crippen LogP contribution in [0.1, 0.15) is 24.0 Å². The van der Waals surface area contributed by atoms with Crippen molar-refractivity contribution in [2.75, 3.05) is 32.2 Å². The van der Waals surface area contributed by atoms with Crippen molar-refractivity contribution in [1.82, 2.24) is 15.3 Å². The lowest BCUT2D eigenvalue weighted by Gasteiger charge is -2.33. The molecule has 1 aromatic heterocycles. The van der Waals surface area contributed by atoms with Crippen molar-refractivity contribution in [2.24, 2.45) is 5.92 Å². The van der Waals surface area contributed by atoms with Crippen molar-refractivity contribution < 1.29 is 14.3 Å². The van der Waals surface area contributed by atoms with E-state index in [0.717, 1.165) is 46.4 Å². The first-order chi connectivity index (χ1) is 16.6. The minimum Gasteiger partial charge on any atom is -0.497 e. The van der Waals surface area contributed by atoms with Crippen LogP contribution in [0.5, 0.6) is 11.5 Å². The highest BCUT2D eigenvalue weighted by Crippen LogP contribution is 2.34. The van der Waals surface area contributed by atoms with Gasteiger partial charge in [-0.05, 0) is 44.0 Å². The SMILES string of the molecule is COc1ccc(CNC(=O)[C@@H]2CCCN(c3nccnc3Sc3ccc(C)cc3)C2)c(OC)c1. The summed E-state index contributed by atoms with van der Waals surface area (Å²) in [4.78, 5) is 25.5. The maximum absolute atomic E-state index is 13.0. The average Bonchev–Trinajstić information content (AvgIpc) is 2.89. The van der Waals surface area contributed by atoms with Gasteiger partial charge in [0.2, 0.25) is 5.91 Å². The maximum Gasteiger partial charge on any atom is 0.225 e. The fourth-order valence-electron chi connectivity index (χ4n) is 4.03. The lowest BCUT2D eigenvalue weighted by molar-refractivity contribution is -0.125. The van der Waals surface area contributed by atoms with Gasteiger partial charge in [0.1, 0.15) is 16.5 Å². The second kappa shape index (κ2) is 11.2. The molecule has 1 fully saturated rings. The largest absolute Gasteiger partial charge is 0.497 e. The summed E-state index contributed by atoms with van der Waals surface area (Å²) < 4.78 is 10.7. The van der Waals surface area contributed by atoms with Crippen molar-refractivity contribution in [1.29, 1.82) is 0 Å². The molecule has 0 aliphatic carbocycles. The van der Waals surface area contributed by atoms with Gasteiger partial charge in [-0.15, -0.1) is 0 Å². The van der Waals surface area contributed by atoms with Gasteiger partial charge in [0.25, 0.3) is 0 Å². The first-order valence-corrected chi connectivity index (χ1v) is 12.2. The van der Waals surface area contributed by atoms with E-state index in [4.69, 9.17) is 9.47 Å². The third-order valence-corrected chi connectivity index (χ3v) is 6.91. The standard InChI is InChI=1S/C26H30N4O3S/c1-18-6-10-22(11-7-18)34-26-24(27-12-13-28-26)30-14-4-5-20(17-30)25(31)29-16-19-8-9-21(32-2)15-23(19)33-3/h6-13,15,20H,4-5,14,16-17H2,1-3H3,(H,29,31)/t20-/m1/s1. The summed E-state index contributed by atoms with van der Waals surface area (Å²) in [6.07, 6.45) is 5.21. The van der Waals surface area contributed by atoms with E-state index in [1.165, 1.54) is 5.56 Å². The number of benzene rings is 2. The summed E-state index contributed by atoms with van der Waals surface area (Å²) in [6, 6.07) is 14.0. The number of aromatic nitrogens is 2. The minimum atomic E-state index is -0.114. The molecule has 1 saturated heterocycles. The molecule has 2 heterocycles. The Hall–Kier alpha value is -3.26. The van der Waals surface area contributed by atoms with Crippen molar-refractivity contribution >= 4 is 23.5 Å². The molecular weight excluding hydrogens is 448 g/mol. The van der Waals surface area contributed by atoms with E-state index in [2.05, 4.69) is 51.4 Å². The van der Waals surface area contributed by atoms with Gasteiger partial charge >= 0.3 is 0 Å². The molecule has 3 aromatic rings. The molecule has 1 N–H and O–H groups in total. The van der Waals surface area contributed by atoms with Crippen molar-refractivity contribution in [3.05, 3.63) is 66.0 Å². The minimum absolute atomic E-state index is 0.0409. The first-order valence-electron chi connectivity index (χ1n) is 11.4. The van der Waals surface area contributed by atoms with Gasteiger partial charge in [0, 0.05) is 48.6 Å². The van der Waals surface area contributed by atoms with E-state index >= 15 is 0 Å². The summed E-state index contributed by atoms with van der Waals surface area (Å²) in [6.45, 7) is 3.95. The Balaban J connectivity index is 1.42. The molecule has 0 radical (unpaired) electrons. The number of nitrogens with one attached hydrogen (secondary N) is 1. The normalized spacial score (nSPS) is 15.6. The number of ether oxygens (including phenoxy) is 2. The number of amides is 1. The molecule has 0 bridgehead atoms. The lowest BCUT2D eigenvalue weighted by atomic mass is 9.97. The van der Waals surface area contributed by atoms with Gasteiger partial charge in [-0.2, -0.15) is 0 Å². The molecule has 1 aliphatic rings. The van der Waals surface area contributed by atoms with Gasteiger partial charge in [-0.25, -0.2) is 9.97 Å². The van der Waals surface area contributed by atoms with Crippen LogP contribution in [0.3, 0.4) is 0 Å². The van der Waals surface area contributed by atoms with E-state index in [9.17, 15) is 4.79 Å².